The minimum atomic E-state index is 0.592. The first-order valence-corrected chi connectivity index (χ1v) is 5.71. The van der Waals surface area contributed by atoms with E-state index in [1.165, 1.54) is 12.8 Å². The molecule has 0 aliphatic heterocycles. The normalized spacial score (nSPS) is 15.3. The Bertz CT molecular complexity index is 529. The van der Waals surface area contributed by atoms with Gasteiger partial charge in [0, 0.05) is 28.0 Å². The van der Waals surface area contributed by atoms with E-state index in [2.05, 4.69) is 5.10 Å². The molecule has 1 aromatic carbocycles. The third-order valence-electron chi connectivity index (χ3n) is 2.85. The van der Waals surface area contributed by atoms with E-state index >= 15 is 0 Å². The fraction of sp³-hybridized carbons (Fsp3) is 0.250. The Hall–Kier alpha value is -1.48. The van der Waals surface area contributed by atoms with Crippen LogP contribution in [-0.4, -0.2) is 9.78 Å². The van der Waals surface area contributed by atoms with Gasteiger partial charge in [0.05, 0.1) is 12.2 Å². The van der Waals surface area contributed by atoms with Crippen LogP contribution in [0, 0.1) is 0 Å². The molecule has 82 valence electrons. The van der Waals surface area contributed by atoms with Crippen LogP contribution >= 0.6 is 11.6 Å². The van der Waals surface area contributed by atoms with E-state index in [4.69, 9.17) is 17.3 Å². The summed E-state index contributed by atoms with van der Waals surface area (Å²) in [6.07, 6.45) is 6.35. The molecule has 3 rings (SSSR count). The van der Waals surface area contributed by atoms with Crippen LogP contribution < -0.4 is 5.73 Å². The predicted molar refractivity (Wildman–Crippen MR) is 65.4 cm³/mol. The molecule has 0 bridgehead atoms. The minimum Gasteiger partial charge on any atom is -0.398 e. The van der Waals surface area contributed by atoms with Gasteiger partial charge in [0.2, 0.25) is 0 Å². The van der Waals surface area contributed by atoms with E-state index in [0.717, 1.165) is 16.8 Å². The molecule has 0 amide bonds. The van der Waals surface area contributed by atoms with E-state index in [1.54, 1.807) is 6.07 Å². The van der Waals surface area contributed by atoms with E-state index in [0.29, 0.717) is 11.1 Å². The second-order valence-electron chi connectivity index (χ2n) is 4.17. The molecule has 1 saturated carbocycles. The monoisotopic (exact) mass is 233 g/mol. The Labute approximate surface area is 98.8 Å². The third-order valence-corrected chi connectivity index (χ3v) is 3.08. The van der Waals surface area contributed by atoms with E-state index in [9.17, 15) is 0 Å². The molecule has 2 aromatic rings. The molecule has 0 unspecified atom stereocenters. The summed E-state index contributed by atoms with van der Waals surface area (Å²) in [5.41, 5.74) is 8.65. The largest absolute Gasteiger partial charge is 0.398 e. The summed E-state index contributed by atoms with van der Waals surface area (Å²) >= 11 is 5.97. The Morgan fingerprint density at radius 1 is 1.38 bits per heavy atom. The summed E-state index contributed by atoms with van der Waals surface area (Å²) in [6.45, 7) is 0. The maximum absolute atomic E-state index is 5.97. The summed E-state index contributed by atoms with van der Waals surface area (Å²) in [5, 5.41) is 5.04. The van der Waals surface area contributed by atoms with Gasteiger partial charge in [-0.25, -0.2) is 0 Å². The van der Waals surface area contributed by atoms with E-state index < -0.39 is 0 Å². The number of aromatic nitrogens is 2. The highest BCUT2D eigenvalue weighted by Gasteiger charge is 2.24. The maximum atomic E-state index is 5.97. The van der Waals surface area contributed by atoms with Crippen molar-refractivity contribution in [2.24, 2.45) is 0 Å². The van der Waals surface area contributed by atoms with Crippen LogP contribution in [0.15, 0.2) is 30.6 Å². The number of nitrogens with two attached hydrogens (primary N) is 1. The molecular weight excluding hydrogens is 222 g/mol. The SMILES string of the molecule is Nc1ccc(Cl)cc1-c1cnn(C2CC2)c1. The number of anilines is 1. The molecule has 16 heavy (non-hydrogen) atoms. The fourth-order valence-electron chi connectivity index (χ4n) is 1.79. The molecular formula is C12H12ClN3. The number of nitrogens with zero attached hydrogens (tertiary/aromatic N) is 2. The first-order valence-electron chi connectivity index (χ1n) is 5.33. The molecule has 2 N–H and O–H groups in total. The zero-order valence-electron chi connectivity index (χ0n) is 8.73. The standard InChI is InChI=1S/C12H12ClN3/c13-9-1-4-12(14)11(5-9)8-6-15-16(7-8)10-2-3-10/h1,4-7,10H,2-3,14H2. The molecule has 1 aromatic heterocycles. The number of rotatable bonds is 2. The van der Waals surface area contributed by atoms with Crippen molar-refractivity contribution in [2.75, 3.05) is 5.73 Å². The van der Waals surface area contributed by atoms with Gasteiger partial charge in [0.25, 0.3) is 0 Å². The van der Waals surface area contributed by atoms with Crippen molar-refractivity contribution in [3.63, 3.8) is 0 Å². The van der Waals surface area contributed by atoms with Crippen molar-refractivity contribution >= 4 is 17.3 Å². The van der Waals surface area contributed by atoms with Crippen molar-refractivity contribution in [1.29, 1.82) is 0 Å². The summed E-state index contributed by atoms with van der Waals surface area (Å²) in [6, 6.07) is 6.09. The molecule has 0 atom stereocenters. The Morgan fingerprint density at radius 3 is 2.94 bits per heavy atom. The van der Waals surface area contributed by atoms with E-state index in [-0.39, 0.29) is 0 Å². The van der Waals surface area contributed by atoms with Gasteiger partial charge in [-0.2, -0.15) is 5.10 Å². The number of nitrogen functional groups attached to an aromatic ring is 1. The van der Waals surface area contributed by atoms with Gasteiger partial charge in [0.1, 0.15) is 0 Å². The maximum Gasteiger partial charge on any atom is 0.0569 e. The number of benzene rings is 1. The first-order chi connectivity index (χ1) is 7.74. The summed E-state index contributed by atoms with van der Waals surface area (Å²) in [5.74, 6) is 0. The highest BCUT2D eigenvalue weighted by molar-refractivity contribution is 6.31. The van der Waals surface area contributed by atoms with Crippen LogP contribution in [0.5, 0.6) is 0 Å². The van der Waals surface area contributed by atoms with Gasteiger partial charge in [-0.3, -0.25) is 4.68 Å². The van der Waals surface area contributed by atoms with Gasteiger partial charge < -0.3 is 5.73 Å². The smallest absolute Gasteiger partial charge is 0.0569 e. The lowest BCUT2D eigenvalue weighted by molar-refractivity contribution is 0.642. The minimum absolute atomic E-state index is 0.592. The van der Waals surface area contributed by atoms with Crippen molar-refractivity contribution in [3.05, 3.63) is 35.6 Å². The van der Waals surface area contributed by atoms with Gasteiger partial charge in [0.15, 0.2) is 0 Å². The molecule has 0 radical (unpaired) electrons. The first kappa shape index (κ1) is 9.73. The second kappa shape index (κ2) is 3.52. The molecule has 1 aliphatic carbocycles. The highest BCUT2D eigenvalue weighted by atomic mass is 35.5. The fourth-order valence-corrected chi connectivity index (χ4v) is 1.97. The summed E-state index contributed by atoms with van der Waals surface area (Å²) in [4.78, 5) is 0. The molecule has 0 saturated heterocycles. The number of hydrogen-bond acceptors (Lipinski definition) is 2. The number of hydrogen-bond donors (Lipinski definition) is 1. The van der Waals surface area contributed by atoms with Crippen LogP contribution in [0.2, 0.25) is 5.02 Å². The van der Waals surface area contributed by atoms with Crippen molar-refractivity contribution in [3.8, 4) is 11.1 Å². The van der Waals surface area contributed by atoms with E-state index in [1.807, 2.05) is 29.2 Å². The van der Waals surface area contributed by atoms with Gasteiger partial charge in [-0.1, -0.05) is 11.6 Å². The molecule has 4 heteroatoms. The summed E-state index contributed by atoms with van der Waals surface area (Å²) in [7, 11) is 0. The Balaban J connectivity index is 2.03. The molecule has 0 spiro atoms. The zero-order valence-corrected chi connectivity index (χ0v) is 9.48. The quantitative estimate of drug-likeness (QED) is 0.810. The Morgan fingerprint density at radius 2 is 2.19 bits per heavy atom. The van der Waals surface area contributed by atoms with Gasteiger partial charge in [-0.05, 0) is 31.0 Å². The predicted octanol–water partition coefficient (Wildman–Crippen LogP) is 3.12. The lowest BCUT2D eigenvalue weighted by Gasteiger charge is -2.03. The lowest BCUT2D eigenvalue weighted by atomic mass is 10.1. The van der Waals surface area contributed by atoms with Crippen LogP contribution in [0.1, 0.15) is 18.9 Å². The zero-order chi connectivity index (χ0) is 11.1. The average molecular weight is 234 g/mol. The lowest BCUT2D eigenvalue weighted by Crippen LogP contribution is -1.92. The van der Waals surface area contributed by atoms with Crippen molar-refractivity contribution in [2.45, 2.75) is 18.9 Å². The second-order valence-corrected chi connectivity index (χ2v) is 4.61. The van der Waals surface area contributed by atoms with Crippen LogP contribution in [0.25, 0.3) is 11.1 Å². The van der Waals surface area contributed by atoms with Crippen molar-refractivity contribution < 1.29 is 0 Å². The summed E-state index contributed by atoms with van der Waals surface area (Å²) < 4.78 is 2.01. The molecule has 3 nitrogen and oxygen atoms in total. The highest BCUT2D eigenvalue weighted by Crippen LogP contribution is 2.36. The Kier molecular flexibility index (Phi) is 2.14. The average Bonchev–Trinajstić information content (AvgIpc) is 3.01. The topological polar surface area (TPSA) is 43.8 Å². The number of halogens is 1. The van der Waals surface area contributed by atoms with Gasteiger partial charge in [-0.15, -0.1) is 0 Å². The third kappa shape index (κ3) is 1.67. The van der Waals surface area contributed by atoms with Gasteiger partial charge >= 0.3 is 0 Å². The molecule has 1 fully saturated rings. The van der Waals surface area contributed by atoms with Crippen LogP contribution in [0.4, 0.5) is 5.69 Å². The molecule has 1 aliphatic rings. The van der Waals surface area contributed by atoms with Crippen molar-refractivity contribution in [1.82, 2.24) is 9.78 Å². The molecule has 1 heterocycles. The van der Waals surface area contributed by atoms with Crippen LogP contribution in [-0.2, 0) is 0 Å². The van der Waals surface area contributed by atoms with Crippen LogP contribution in [0.3, 0.4) is 0 Å².